The lowest BCUT2D eigenvalue weighted by Crippen LogP contribution is -2.34. The third kappa shape index (κ3) is 4.60. The van der Waals surface area contributed by atoms with E-state index in [1.165, 1.54) is 23.2 Å². The van der Waals surface area contributed by atoms with Crippen molar-refractivity contribution in [1.82, 2.24) is 10.4 Å². The first-order valence-corrected chi connectivity index (χ1v) is 8.91. The molecule has 5 nitrogen and oxygen atoms in total. The van der Waals surface area contributed by atoms with Crippen LogP contribution in [0.3, 0.4) is 0 Å². The number of carbonyl (C=O) groups excluding carboxylic acids is 1. The van der Waals surface area contributed by atoms with Crippen LogP contribution in [0.1, 0.15) is 30.0 Å². The first kappa shape index (κ1) is 18.8. The molecule has 3 rings (SSSR count). The van der Waals surface area contributed by atoms with Gasteiger partial charge in [0.1, 0.15) is 11.7 Å². The number of aliphatic imine (C=N–C) groups is 1. The highest BCUT2D eigenvalue weighted by Gasteiger charge is 2.20. The molecule has 0 saturated carbocycles. The van der Waals surface area contributed by atoms with Crippen molar-refractivity contribution in [1.29, 1.82) is 0 Å². The van der Waals surface area contributed by atoms with Crippen molar-refractivity contribution in [3.05, 3.63) is 71.0 Å². The molecule has 6 heteroatoms. The molecule has 0 bridgehead atoms. The number of amides is 1. The van der Waals surface area contributed by atoms with E-state index in [0.29, 0.717) is 12.2 Å². The number of hydroxylamine groups is 1. The minimum absolute atomic E-state index is 0.259. The monoisotopic (exact) mass is 367 g/mol. The summed E-state index contributed by atoms with van der Waals surface area (Å²) in [5.41, 5.74) is 4.54. The first-order chi connectivity index (χ1) is 13.1. The fraction of sp³-hybridized carbons (Fsp3) is 0.238. The van der Waals surface area contributed by atoms with Crippen LogP contribution in [0.25, 0.3) is 6.08 Å². The van der Waals surface area contributed by atoms with Gasteiger partial charge in [-0.1, -0.05) is 37.3 Å². The Kier molecular flexibility index (Phi) is 5.98. The molecule has 1 heterocycles. The largest absolute Gasteiger partial charge is 0.355 e. The fourth-order valence-corrected chi connectivity index (χ4v) is 3.11. The van der Waals surface area contributed by atoms with E-state index in [2.05, 4.69) is 24.0 Å². The van der Waals surface area contributed by atoms with Crippen molar-refractivity contribution in [3.63, 3.8) is 0 Å². The average Bonchev–Trinajstić information content (AvgIpc) is 2.70. The molecule has 0 radical (unpaired) electrons. The fourth-order valence-electron chi connectivity index (χ4n) is 3.11. The van der Waals surface area contributed by atoms with Gasteiger partial charge in [-0.3, -0.25) is 10.0 Å². The summed E-state index contributed by atoms with van der Waals surface area (Å²) in [6.45, 7) is 3.47. The van der Waals surface area contributed by atoms with E-state index in [1.54, 1.807) is 6.07 Å². The van der Waals surface area contributed by atoms with Crippen LogP contribution in [0.4, 0.5) is 10.1 Å². The van der Waals surface area contributed by atoms with E-state index in [9.17, 15) is 9.18 Å². The van der Waals surface area contributed by atoms with Crippen LogP contribution in [0, 0.1) is 5.82 Å². The minimum Gasteiger partial charge on any atom is -0.355 e. The third-order valence-electron chi connectivity index (χ3n) is 4.53. The number of hydrogen-bond acceptors (Lipinski definition) is 4. The molecular weight excluding hydrogens is 345 g/mol. The van der Waals surface area contributed by atoms with Crippen molar-refractivity contribution < 1.29 is 14.4 Å². The van der Waals surface area contributed by atoms with Crippen molar-refractivity contribution in [2.75, 3.05) is 6.54 Å². The number of amidine groups is 1. The minimum atomic E-state index is -0.711. The summed E-state index contributed by atoms with van der Waals surface area (Å²) in [4.78, 5) is 18.0. The maximum absolute atomic E-state index is 14.4. The Morgan fingerprint density at radius 1 is 1.33 bits per heavy atom. The van der Waals surface area contributed by atoms with Crippen molar-refractivity contribution in [2.45, 2.75) is 26.3 Å². The number of nitrogens with one attached hydrogen (secondary N) is 1. The predicted octanol–water partition coefficient (Wildman–Crippen LogP) is 3.84. The molecule has 0 spiro atoms. The Balaban J connectivity index is 1.80. The summed E-state index contributed by atoms with van der Waals surface area (Å²) >= 11 is 0. The highest BCUT2D eigenvalue weighted by molar-refractivity contribution is 5.91. The number of halogens is 1. The molecule has 140 valence electrons. The second-order valence-electron chi connectivity index (χ2n) is 6.35. The van der Waals surface area contributed by atoms with Gasteiger partial charge < -0.3 is 4.90 Å². The van der Waals surface area contributed by atoms with Gasteiger partial charge in [0.2, 0.25) is 0 Å². The molecule has 0 saturated heterocycles. The Bertz CT molecular complexity index is 878. The average molecular weight is 367 g/mol. The van der Waals surface area contributed by atoms with Crippen LogP contribution in [0.2, 0.25) is 0 Å². The van der Waals surface area contributed by atoms with Crippen molar-refractivity contribution >= 4 is 23.5 Å². The normalized spacial score (nSPS) is 13.4. The van der Waals surface area contributed by atoms with E-state index in [0.717, 1.165) is 36.9 Å². The molecule has 0 aliphatic carbocycles. The van der Waals surface area contributed by atoms with Gasteiger partial charge in [0.25, 0.3) is 5.91 Å². The van der Waals surface area contributed by atoms with E-state index in [-0.39, 0.29) is 5.56 Å². The van der Waals surface area contributed by atoms with Crippen LogP contribution < -0.4 is 5.48 Å². The molecule has 2 N–H and O–H groups in total. The quantitative estimate of drug-likeness (QED) is 0.463. The highest BCUT2D eigenvalue weighted by Crippen LogP contribution is 2.30. The topological polar surface area (TPSA) is 64.9 Å². The van der Waals surface area contributed by atoms with Gasteiger partial charge in [-0.25, -0.2) is 14.9 Å². The van der Waals surface area contributed by atoms with Crippen molar-refractivity contribution in [2.24, 2.45) is 4.99 Å². The van der Waals surface area contributed by atoms with Gasteiger partial charge in [0, 0.05) is 36.7 Å². The van der Waals surface area contributed by atoms with Crippen LogP contribution in [0.5, 0.6) is 0 Å². The molecule has 0 atom stereocenters. The van der Waals surface area contributed by atoms with Gasteiger partial charge in [-0.05, 0) is 30.2 Å². The zero-order valence-corrected chi connectivity index (χ0v) is 15.2. The Morgan fingerprint density at radius 2 is 2.11 bits per heavy atom. The van der Waals surface area contributed by atoms with E-state index >= 15 is 0 Å². The summed E-state index contributed by atoms with van der Waals surface area (Å²) in [7, 11) is 0. The van der Waals surface area contributed by atoms with Crippen LogP contribution in [0.15, 0.2) is 53.5 Å². The van der Waals surface area contributed by atoms with Gasteiger partial charge in [-0.2, -0.15) is 0 Å². The molecular formula is C21H22FN3O2. The van der Waals surface area contributed by atoms with Gasteiger partial charge in [0.05, 0.1) is 5.69 Å². The Hall–Kier alpha value is -2.99. The van der Waals surface area contributed by atoms with E-state index in [4.69, 9.17) is 10.2 Å². The van der Waals surface area contributed by atoms with Crippen molar-refractivity contribution in [3.8, 4) is 0 Å². The van der Waals surface area contributed by atoms with Gasteiger partial charge in [-0.15, -0.1) is 0 Å². The van der Waals surface area contributed by atoms with Crippen LogP contribution in [-0.2, 0) is 17.8 Å². The second kappa shape index (κ2) is 8.60. The molecule has 2 aromatic rings. The number of rotatable bonds is 6. The number of fused-ring (bicyclic) bond motifs is 1. The second-order valence-corrected chi connectivity index (χ2v) is 6.35. The number of benzene rings is 2. The Morgan fingerprint density at radius 3 is 2.81 bits per heavy atom. The number of nitrogens with zero attached hydrogens (tertiary/aromatic N) is 2. The molecule has 27 heavy (non-hydrogen) atoms. The number of carbonyl (C=O) groups is 1. The summed E-state index contributed by atoms with van der Waals surface area (Å²) in [6, 6.07) is 13.4. The van der Waals surface area contributed by atoms with E-state index in [1.807, 2.05) is 18.2 Å². The molecule has 0 fully saturated rings. The summed E-state index contributed by atoms with van der Waals surface area (Å²) in [6.07, 6.45) is 4.08. The van der Waals surface area contributed by atoms with Gasteiger partial charge in [0.15, 0.2) is 0 Å². The summed E-state index contributed by atoms with van der Waals surface area (Å²) in [5, 5.41) is 8.53. The lowest BCUT2D eigenvalue weighted by atomic mass is 10.0. The predicted molar refractivity (Wildman–Crippen MR) is 103 cm³/mol. The summed E-state index contributed by atoms with van der Waals surface area (Å²) in [5.74, 6) is -0.168. The summed E-state index contributed by atoms with van der Waals surface area (Å²) < 4.78 is 14.4. The zero-order valence-electron chi connectivity index (χ0n) is 15.2. The van der Waals surface area contributed by atoms with E-state index < -0.39 is 11.7 Å². The Labute approximate surface area is 157 Å². The molecule has 0 aromatic heterocycles. The molecule has 1 aliphatic heterocycles. The standard InChI is InChI=1S/C21H22FN3O2/c1-2-20-23-19-13-16(8-9-21(26)24-27)18(22)12-17(19)14-25(20)11-10-15-6-4-3-5-7-15/h3-9,12-13,27H,2,10-11,14H2,1H3,(H,24,26)/b9-8+. The third-order valence-corrected chi connectivity index (χ3v) is 4.53. The molecule has 0 unspecified atom stereocenters. The maximum atomic E-state index is 14.4. The van der Waals surface area contributed by atoms with Crippen LogP contribution >= 0.6 is 0 Å². The van der Waals surface area contributed by atoms with Gasteiger partial charge >= 0.3 is 0 Å². The lowest BCUT2D eigenvalue weighted by molar-refractivity contribution is -0.124. The number of hydrogen-bond donors (Lipinski definition) is 2. The SMILES string of the molecule is CCC1=Nc2cc(/C=C/C(=O)NO)c(F)cc2CN1CCc1ccccc1. The molecule has 1 amide bonds. The smallest absolute Gasteiger partial charge is 0.267 e. The molecule has 2 aromatic carbocycles. The lowest BCUT2D eigenvalue weighted by Gasteiger charge is -2.30. The first-order valence-electron chi connectivity index (χ1n) is 8.91. The van der Waals surface area contributed by atoms with Crippen LogP contribution in [-0.4, -0.2) is 28.4 Å². The maximum Gasteiger partial charge on any atom is 0.267 e. The zero-order chi connectivity index (χ0) is 19.2. The molecule has 1 aliphatic rings. The highest BCUT2D eigenvalue weighted by atomic mass is 19.1.